The van der Waals surface area contributed by atoms with E-state index in [1.807, 2.05) is 6.08 Å². The van der Waals surface area contributed by atoms with Crippen molar-refractivity contribution >= 4 is 5.97 Å². The second kappa shape index (κ2) is 8.54. The van der Waals surface area contributed by atoms with Crippen LogP contribution in [0.15, 0.2) is 23.3 Å². The van der Waals surface area contributed by atoms with Crippen molar-refractivity contribution in [1.82, 2.24) is 0 Å². The maximum Gasteiger partial charge on any atom is 0.330 e. The van der Waals surface area contributed by atoms with Crippen LogP contribution >= 0.6 is 0 Å². The highest BCUT2D eigenvalue weighted by atomic mass is 16.4. The average Bonchev–Trinajstić information content (AvgIpc) is 3.05. The van der Waals surface area contributed by atoms with Crippen LogP contribution < -0.4 is 0 Å². The molecular weight excluding hydrogens is 408 g/mol. The van der Waals surface area contributed by atoms with Crippen LogP contribution in [0, 0.1) is 45.3 Å². The van der Waals surface area contributed by atoms with Crippen molar-refractivity contribution in [3.05, 3.63) is 23.3 Å². The van der Waals surface area contributed by atoms with E-state index in [0.29, 0.717) is 40.3 Å². The number of carboxylic acid groups (broad SMARTS) is 1. The first-order valence-corrected chi connectivity index (χ1v) is 13.6. The van der Waals surface area contributed by atoms with E-state index in [2.05, 4.69) is 40.7 Å². The summed E-state index contributed by atoms with van der Waals surface area (Å²) in [5, 5.41) is 19.4. The summed E-state index contributed by atoms with van der Waals surface area (Å²) in [7, 11) is 0. The lowest BCUT2D eigenvalue weighted by atomic mass is 9.39. The molecule has 3 fully saturated rings. The zero-order valence-electron chi connectivity index (χ0n) is 22.0. The summed E-state index contributed by atoms with van der Waals surface area (Å²) in [6.07, 6.45) is 16.6. The standard InChI is InChI=1S/C30H48O3/c1-20(9-7-10-21(2)26(32)33)22-14-16-30(6)25-13-12-23-24(11-8-15-27(23,3)19-31)28(25,4)17-18-29(22,30)5/h10,12,20,22,24-25,31H,7-9,11,13-19H2,1-6H3,(H,32,33). The molecule has 3 nitrogen and oxygen atoms in total. The van der Waals surface area contributed by atoms with Gasteiger partial charge in [0.1, 0.15) is 0 Å². The Morgan fingerprint density at radius 1 is 1.12 bits per heavy atom. The maximum atomic E-state index is 11.1. The molecule has 0 aromatic carbocycles. The van der Waals surface area contributed by atoms with Gasteiger partial charge >= 0.3 is 5.97 Å². The van der Waals surface area contributed by atoms with E-state index in [-0.39, 0.29) is 5.41 Å². The fraction of sp³-hybridized carbons (Fsp3) is 0.833. The molecule has 0 saturated heterocycles. The predicted octanol–water partition coefficient (Wildman–Crippen LogP) is 7.40. The number of carbonyl (C=O) groups is 1. The van der Waals surface area contributed by atoms with Gasteiger partial charge in [0, 0.05) is 11.0 Å². The number of aliphatic carboxylic acids is 1. The van der Waals surface area contributed by atoms with E-state index in [1.165, 1.54) is 44.9 Å². The fourth-order valence-electron chi connectivity index (χ4n) is 9.57. The highest BCUT2D eigenvalue weighted by molar-refractivity contribution is 5.85. The molecule has 0 heterocycles. The van der Waals surface area contributed by atoms with Crippen molar-refractivity contribution < 1.29 is 15.0 Å². The van der Waals surface area contributed by atoms with Crippen molar-refractivity contribution in [2.45, 2.75) is 106 Å². The lowest BCUT2D eigenvalue weighted by Gasteiger charge is -2.65. The molecule has 0 aromatic heterocycles. The monoisotopic (exact) mass is 456 g/mol. The Balaban J connectivity index is 1.58. The van der Waals surface area contributed by atoms with Gasteiger partial charge in [-0.05, 0) is 105 Å². The van der Waals surface area contributed by atoms with Gasteiger partial charge in [-0.25, -0.2) is 4.79 Å². The summed E-state index contributed by atoms with van der Waals surface area (Å²) in [6, 6.07) is 0. The fourth-order valence-corrected chi connectivity index (χ4v) is 9.57. The zero-order chi connectivity index (χ0) is 24.2. The molecule has 0 radical (unpaired) electrons. The van der Waals surface area contributed by atoms with Crippen molar-refractivity contribution in [2.24, 2.45) is 45.3 Å². The summed E-state index contributed by atoms with van der Waals surface area (Å²) in [4.78, 5) is 11.1. The maximum absolute atomic E-state index is 11.1. The van der Waals surface area contributed by atoms with E-state index in [1.54, 1.807) is 12.5 Å². The molecule has 4 rings (SSSR count). The highest BCUT2D eigenvalue weighted by Gasteiger charge is 2.67. The van der Waals surface area contributed by atoms with E-state index in [0.717, 1.165) is 31.1 Å². The van der Waals surface area contributed by atoms with Gasteiger partial charge in [-0.1, -0.05) is 58.8 Å². The first-order chi connectivity index (χ1) is 15.4. The first-order valence-electron chi connectivity index (χ1n) is 13.6. The third-order valence-electron chi connectivity index (χ3n) is 12.0. The Kier molecular flexibility index (Phi) is 6.47. The first kappa shape index (κ1) is 25.0. The number of rotatable bonds is 6. The molecule has 2 N–H and O–H groups in total. The van der Waals surface area contributed by atoms with Gasteiger partial charge in [-0.15, -0.1) is 0 Å². The van der Waals surface area contributed by atoms with Gasteiger partial charge in [0.2, 0.25) is 0 Å². The summed E-state index contributed by atoms with van der Waals surface area (Å²) >= 11 is 0. The van der Waals surface area contributed by atoms with Crippen LogP contribution in [0.1, 0.15) is 106 Å². The molecule has 186 valence electrons. The zero-order valence-corrected chi connectivity index (χ0v) is 22.0. The third kappa shape index (κ3) is 3.67. The van der Waals surface area contributed by atoms with Gasteiger partial charge in [0.25, 0.3) is 0 Å². The number of allylic oxidation sites excluding steroid dienone is 2. The number of aliphatic hydroxyl groups excluding tert-OH is 1. The van der Waals surface area contributed by atoms with E-state index in [4.69, 9.17) is 5.11 Å². The van der Waals surface area contributed by atoms with Gasteiger partial charge in [-0.3, -0.25) is 0 Å². The Hall–Kier alpha value is -1.09. The summed E-state index contributed by atoms with van der Waals surface area (Å²) < 4.78 is 0. The molecule has 0 spiro atoms. The van der Waals surface area contributed by atoms with Crippen LogP contribution in [-0.2, 0) is 4.79 Å². The average molecular weight is 457 g/mol. The van der Waals surface area contributed by atoms with Crippen molar-refractivity contribution in [1.29, 1.82) is 0 Å². The van der Waals surface area contributed by atoms with Crippen LogP contribution in [0.2, 0.25) is 0 Å². The molecule has 8 atom stereocenters. The van der Waals surface area contributed by atoms with Gasteiger partial charge in [-0.2, -0.15) is 0 Å². The molecule has 4 aliphatic carbocycles. The number of fused-ring (bicyclic) bond motifs is 5. The van der Waals surface area contributed by atoms with Crippen molar-refractivity contribution in [2.75, 3.05) is 6.61 Å². The molecule has 0 bridgehead atoms. The molecule has 8 unspecified atom stereocenters. The van der Waals surface area contributed by atoms with E-state index < -0.39 is 5.97 Å². The molecule has 33 heavy (non-hydrogen) atoms. The SMILES string of the molecule is CC(=CCCC(C)C1CCC2(C)C3CC=C4C(CCCC4(C)CO)C3(C)CCC12C)C(=O)O. The van der Waals surface area contributed by atoms with Crippen LogP contribution in [-0.4, -0.2) is 22.8 Å². The van der Waals surface area contributed by atoms with Gasteiger partial charge in [0.15, 0.2) is 0 Å². The molecule has 0 aliphatic heterocycles. The van der Waals surface area contributed by atoms with Crippen LogP contribution in [0.25, 0.3) is 0 Å². The minimum absolute atomic E-state index is 0.00707. The van der Waals surface area contributed by atoms with Crippen molar-refractivity contribution in [3.8, 4) is 0 Å². The molecule has 4 aliphatic rings. The smallest absolute Gasteiger partial charge is 0.330 e. The van der Waals surface area contributed by atoms with Gasteiger partial charge in [0.05, 0.1) is 6.61 Å². The minimum Gasteiger partial charge on any atom is -0.478 e. The highest BCUT2D eigenvalue weighted by Crippen LogP contribution is 2.74. The summed E-state index contributed by atoms with van der Waals surface area (Å²) in [6.45, 7) is 14.6. The van der Waals surface area contributed by atoms with E-state index >= 15 is 0 Å². The molecule has 0 amide bonds. The molecular formula is C30H48O3. The summed E-state index contributed by atoms with van der Waals surface area (Å²) in [5.41, 5.74) is 3.14. The molecule has 3 heteroatoms. The number of aliphatic hydroxyl groups is 1. The Labute approximate surface area is 202 Å². The molecule has 3 saturated carbocycles. The normalized spacial score (nSPS) is 46.1. The topological polar surface area (TPSA) is 57.5 Å². The quantitative estimate of drug-likeness (QED) is 0.323. The van der Waals surface area contributed by atoms with Crippen molar-refractivity contribution in [3.63, 3.8) is 0 Å². The number of hydrogen-bond donors (Lipinski definition) is 2. The van der Waals surface area contributed by atoms with E-state index in [9.17, 15) is 9.90 Å². The summed E-state index contributed by atoms with van der Waals surface area (Å²) in [5.74, 6) is 1.93. The third-order valence-corrected chi connectivity index (χ3v) is 12.0. The lowest BCUT2D eigenvalue weighted by Crippen LogP contribution is -2.58. The Bertz CT molecular complexity index is 841. The lowest BCUT2D eigenvalue weighted by molar-refractivity contribution is -0.141. The largest absolute Gasteiger partial charge is 0.478 e. The predicted molar refractivity (Wildman–Crippen MR) is 135 cm³/mol. The second-order valence-electron chi connectivity index (χ2n) is 13.3. The van der Waals surface area contributed by atoms with Crippen LogP contribution in [0.4, 0.5) is 0 Å². The minimum atomic E-state index is -0.792. The number of hydrogen-bond acceptors (Lipinski definition) is 2. The van der Waals surface area contributed by atoms with Gasteiger partial charge < -0.3 is 10.2 Å². The second-order valence-corrected chi connectivity index (χ2v) is 13.3. The van der Waals surface area contributed by atoms with Crippen LogP contribution in [0.5, 0.6) is 0 Å². The number of carboxylic acids is 1. The molecule has 0 aromatic rings. The Morgan fingerprint density at radius 2 is 1.85 bits per heavy atom. The Morgan fingerprint density at radius 3 is 2.52 bits per heavy atom. The van der Waals surface area contributed by atoms with Crippen LogP contribution in [0.3, 0.4) is 0 Å².